The van der Waals surface area contributed by atoms with Gasteiger partial charge in [-0.25, -0.2) is 14.6 Å². The summed E-state index contributed by atoms with van der Waals surface area (Å²) in [5, 5.41) is 0. The molecule has 0 N–H and O–H groups in total. The molecule has 0 aliphatic carbocycles. The number of methoxy groups -OCH3 is 4. The Bertz CT molecular complexity index is 814. The normalized spacial score (nSPS) is 10.7. The number of ether oxygens (including phenoxy) is 6. The van der Waals surface area contributed by atoms with Gasteiger partial charge in [0.1, 0.15) is 22.2 Å². The molecule has 10 heteroatoms. The third kappa shape index (κ3) is 3.41. The van der Waals surface area contributed by atoms with E-state index in [2.05, 4.69) is 4.98 Å². The lowest BCUT2D eigenvalue weighted by atomic mass is 10.0. The van der Waals surface area contributed by atoms with E-state index < -0.39 is 11.9 Å². The molecule has 0 radical (unpaired) electrons. The summed E-state index contributed by atoms with van der Waals surface area (Å²) in [5.74, 6) is -1.52. The quantitative estimate of drug-likeness (QED) is 0.500. The number of benzene rings is 1. The average molecular weight is 368 g/mol. The van der Waals surface area contributed by atoms with Crippen LogP contribution >= 0.6 is 0 Å². The van der Waals surface area contributed by atoms with E-state index in [4.69, 9.17) is 28.4 Å². The summed E-state index contributed by atoms with van der Waals surface area (Å²) in [5.41, 5.74) is 0.386. The van der Waals surface area contributed by atoms with Crippen LogP contribution in [0.15, 0.2) is 6.33 Å². The first kappa shape index (κ1) is 19.5. The highest BCUT2D eigenvalue weighted by Crippen LogP contribution is 2.41. The lowest BCUT2D eigenvalue weighted by molar-refractivity contribution is 0.0418. The van der Waals surface area contributed by atoms with Crippen molar-refractivity contribution in [2.24, 2.45) is 7.05 Å². The Hall–Kier alpha value is -2.85. The Labute approximate surface area is 149 Å². The second-order valence-corrected chi connectivity index (χ2v) is 5.05. The molecule has 1 heterocycles. The van der Waals surface area contributed by atoms with Crippen LogP contribution in [-0.2, 0) is 26.0 Å². The second kappa shape index (κ2) is 8.50. The van der Waals surface area contributed by atoms with Gasteiger partial charge in [-0.3, -0.25) is 0 Å². The zero-order chi connectivity index (χ0) is 19.3. The average Bonchev–Trinajstić information content (AvgIpc) is 3.04. The maximum Gasteiger partial charge on any atom is 0.342 e. The molecule has 0 fully saturated rings. The van der Waals surface area contributed by atoms with Crippen molar-refractivity contribution in [3.63, 3.8) is 0 Å². The van der Waals surface area contributed by atoms with Crippen LogP contribution in [0, 0.1) is 0 Å². The highest BCUT2D eigenvalue weighted by Gasteiger charge is 2.33. The van der Waals surface area contributed by atoms with Crippen molar-refractivity contribution >= 4 is 23.0 Å². The van der Waals surface area contributed by atoms with E-state index >= 15 is 0 Å². The molecule has 10 nitrogen and oxygen atoms in total. The number of hydrogen-bond donors (Lipinski definition) is 0. The SMILES string of the molecule is COCOc1c(C(=O)OC)c(C(=O)OC)c(OCOC)c2c1ncn2C. The molecule has 1 aromatic heterocycles. The Kier molecular flexibility index (Phi) is 6.36. The van der Waals surface area contributed by atoms with Crippen molar-refractivity contribution in [2.75, 3.05) is 42.0 Å². The van der Waals surface area contributed by atoms with Crippen LogP contribution in [0.4, 0.5) is 0 Å². The van der Waals surface area contributed by atoms with Crippen molar-refractivity contribution in [1.29, 1.82) is 0 Å². The molecule has 26 heavy (non-hydrogen) atoms. The highest BCUT2D eigenvalue weighted by molar-refractivity contribution is 6.13. The minimum absolute atomic E-state index is 0.0273. The van der Waals surface area contributed by atoms with E-state index in [-0.39, 0.29) is 36.2 Å². The molecule has 0 aliphatic heterocycles. The summed E-state index contributed by atoms with van der Waals surface area (Å²) >= 11 is 0. The van der Waals surface area contributed by atoms with E-state index in [1.54, 1.807) is 11.6 Å². The molecule has 0 aliphatic rings. The topological polar surface area (TPSA) is 107 Å². The number of aromatic nitrogens is 2. The van der Waals surface area contributed by atoms with Gasteiger partial charge in [-0.2, -0.15) is 0 Å². The van der Waals surface area contributed by atoms with Crippen molar-refractivity contribution < 1.29 is 38.0 Å². The van der Waals surface area contributed by atoms with Gasteiger partial charge < -0.3 is 33.0 Å². The number of aryl methyl sites for hydroxylation is 1. The molecule has 142 valence electrons. The third-order valence-electron chi connectivity index (χ3n) is 3.49. The summed E-state index contributed by atoms with van der Waals surface area (Å²) in [7, 11) is 6.92. The van der Waals surface area contributed by atoms with Crippen molar-refractivity contribution in [1.82, 2.24) is 9.55 Å². The van der Waals surface area contributed by atoms with Crippen LogP contribution < -0.4 is 9.47 Å². The number of esters is 2. The molecule has 0 atom stereocenters. The number of fused-ring (bicyclic) bond motifs is 1. The van der Waals surface area contributed by atoms with Crippen LogP contribution in [-0.4, -0.2) is 63.5 Å². The van der Waals surface area contributed by atoms with Gasteiger partial charge in [-0.1, -0.05) is 0 Å². The maximum absolute atomic E-state index is 12.5. The third-order valence-corrected chi connectivity index (χ3v) is 3.49. The highest BCUT2D eigenvalue weighted by atomic mass is 16.7. The molecule has 0 unspecified atom stereocenters. The molecule has 2 aromatic rings. The summed E-state index contributed by atoms with van der Waals surface area (Å²) in [6, 6.07) is 0. The van der Waals surface area contributed by atoms with Crippen LogP contribution in [0.25, 0.3) is 11.0 Å². The van der Waals surface area contributed by atoms with Gasteiger partial charge in [0.25, 0.3) is 0 Å². The maximum atomic E-state index is 12.5. The van der Waals surface area contributed by atoms with E-state index in [0.29, 0.717) is 11.0 Å². The number of hydrogen-bond acceptors (Lipinski definition) is 9. The molecule has 2 rings (SSSR count). The van der Waals surface area contributed by atoms with Gasteiger partial charge in [-0.15, -0.1) is 0 Å². The first-order chi connectivity index (χ1) is 12.5. The van der Waals surface area contributed by atoms with Gasteiger partial charge in [0.05, 0.1) is 20.5 Å². The summed E-state index contributed by atoms with van der Waals surface area (Å²) in [6.07, 6.45) is 1.49. The van der Waals surface area contributed by atoms with Gasteiger partial charge in [0.2, 0.25) is 0 Å². The number of rotatable bonds is 8. The predicted octanol–water partition coefficient (Wildman–Crippen LogP) is 1.11. The van der Waals surface area contributed by atoms with Crippen molar-refractivity contribution in [3.8, 4) is 11.5 Å². The first-order valence-electron chi connectivity index (χ1n) is 7.42. The Morgan fingerprint density at radius 3 is 1.92 bits per heavy atom. The fourth-order valence-electron chi connectivity index (χ4n) is 2.44. The fourth-order valence-corrected chi connectivity index (χ4v) is 2.44. The first-order valence-corrected chi connectivity index (χ1v) is 7.42. The zero-order valence-corrected chi connectivity index (χ0v) is 15.2. The van der Waals surface area contributed by atoms with Crippen molar-refractivity contribution in [3.05, 3.63) is 17.5 Å². The van der Waals surface area contributed by atoms with Crippen LogP contribution in [0.2, 0.25) is 0 Å². The molecule has 0 bridgehead atoms. The standard InChI is InChI=1S/C16H20N2O8/c1-18-6-17-11-12(18)14(26-8-22-3)10(16(20)24-5)9(15(19)23-4)13(11)25-7-21-2/h6H,7-8H2,1-5H3. The van der Waals surface area contributed by atoms with E-state index in [0.717, 1.165) is 0 Å². The molecule has 0 saturated heterocycles. The summed E-state index contributed by atoms with van der Waals surface area (Å²) in [6.45, 7) is -0.336. The Balaban J connectivity index is 2.94. The number of carbonyl (C=O) groups excluding carboxylic acids is 2. The monoisotopic (exact) mass is 368 g/mol. The summed E-state index contributed by atoms with van der Waals surface area (Å²) in [4.78, 5) is 29.2. The fraction of sp³-hybridized carbons (Fsp3) is 0.438. The van der Waals surface area contributed by atoms with Gasteiger partial charge in [-0.05, 0) is 0 Å². The van der Waals surface area contributed by atoms with Gasteiger partial charge in [0, 0.05) is 21.3 Å². The van der Waals surface area contributed by atoms with E-state index in [9.17, 15) is 9.59 Å². The number of nitrogens with zero attached hydrogens (tertiary/aromatic N) is 2. The minimum Gasteiger partial charge on any atom is -0.465 e. The predicted molar refractivity (Wildman–Crippen MR) is 88.4 cm³/mol. The van der Waals surface area contributed by atoms with E-state index in [1.165, 1.54) is 34.8 Å². The van der Waals surface area contributed by atoms with Gasteiger partial charge >= 0.3 is 11.9 Å². The molecule has 1 aromatic carbocycles. The van der Waals surface area contributed by atoms with Gasteiger partial charge in [0.15, 0.2) is 25.1 Å². The molecular formula is C16H20N2O8. The molecule has 0 amide bonds. The lowest BCUT2D eigenvalue weighted by Gasteiger charge is -2.18. The molecule has 0 spiro atoms. The summed E-state index contributed by atoms with van der Waals surface area (Å²) < 4.78 is 32.2. The Morgan fingerprint density at radius 2 is 1.42 bits per heavy atom. The van der Waals surface area contributed by atoms with Crippen LogP contribution in [0.1, 0.15) is 20.7 Å². The number of imidazole rings is 1. The number of carbonyl (C=O) groups is 2. The largest absolute Gasteiger partial charge is 0.465 e. The van der Waals surface area contributed by atoms with Crippen molar-refractivity contribution in [2.45, 2.75) is 0 Å². The van der Waals surface area contributed by atoms with Crippen LogP contribution in [0.5, 0.6) is 11.5 Å². The van der Waals surface area contributed by atoms with Crippen LogP contribution in [0.3, 0.4) is 0 Å². The Morgan fingerprint density at radius 1 is 0.923 bits per heavy atom. The second-order valence-electron chi connectivity index (χ2n) is 5.05. The van der Waals surface area contributed by atoms with E-state index in [1.807, 2.05) is 0 Å². The lowest BCUT2D eigenvalue weighted by Crippen LogP contribution is -2.18. The smallest absolute Gasteiger partial charge is 0.342 e. The molecule has 0 saturated carbocycles. The zero-order valence-electron chi connectivity index (χ0n) is 15.2. The minimum atomic E-state index is -0.814. The molecular weight excluding hydrogens is 348 g/mol.